The minimum Gasteiger partial charge on any atom is -0.298 e. The zero-order chi connectivity index (χ0) is 10.8. The lowest BCUT2D eigenvalue weighted by atomic mass is 10.1. The molecule has 0 atom stereocenters. The number of nitrogens with zero attached hydrogens (tertiary/aromatic N) is 2. The minimum absolute atomic E-state index is 0.568. The van der Waals surface area contributed by atoms with Gasteiger partial charge in [0, 0.05) is 38.8 Å². The molecular formula is C11H23FN2. The van der Waals surface area contributed by atoms with Crippen molar-refractivity contribution in [3.05, 3.63) is 0 Å². The topological polar surface area (TPSA) is 6.48 Å². The van der Waals surface area contributed by atoms with E-state index < -0.39 is 5.67 Å². The fraction of sp³-hybridized carbons (Fsp3) is 1.00. The van der Waals surface area contributed by atoms with Crippen LogP contribution in [0.1, 0.15) is 27.7 Å². The van der Waals surface area contributed by atoms with E-state index in [1.54, 1.807) is 13.8 Å². The molecule has 14 heavy (non-hydrogen) atoms. The summed E-state index contributed by atoms with van der Waals surface area (Å²) in [6.45, 7) is 12.5. The molecule has 1 aliphatic rings. The standard InChI is InChI=1S/C11H23FN2/c1-10(2)14-7-5-13(6-8-14)9-11(3,4)12/h10H,5-9H2,1-4H3. The number of rotatable bonds is 3. The summed E-state index contributed by atoms with van der Waals surface area (Å²) in [7, 11) is 0. The molecule has 1 fully saturated rings. The second kappa shape index (κ2) is 4.58. The molecule has 1 rings (SSSR count). The van der Waals surface area contributed by atoms with Gasteiger partial charge in [0.2, 0.25) is 0 Å². The number of hydrogen-bond acceptors (Lipinski definition) is 2. The molecule has 1 aliphatic heterocycles. The number of halogens is 1. The summed E-state index contributed by atoms with van der Waals surface area (Å²) in [6.07, 6.45) is 0. The molecule has 0 aliphatic carbocycles. The third kappa shape index (κ3) is 3.93. The maximum atomic E-state index is 13.4. The Kier molecular flexibility index (Phi) is 3.90. The Morgan fingerprint density at radius 1 is 1.14 bits per heavy atom. The van der Waals surface area contributed by atoms with Crippen LogP contribution in [0.15, 0.2) is 0 Å². The maximum Gasteiger partial charge on any atom is 0.118 e. The Morgan fingerprint density at radius 2 is 1.64 bits per heavy atom. The van der Waals surface area contributed by atoms with Crippen molar-refractivity contribution >= 4 is 0 Å². The van der Waals surface area contributed by atoms with Gasteiger partial charge in [0.1, 0.15) is 5.67 Å². The third-order valence-corrected chi connectivity index (χ3v) is 2.74. The van der Waals surface area contributed by atoms with Crippen LogP contribution >= 0.6 is 0 Å². The van der Waals surface area contributed by atoms with Gasteiger partial charge in [-0.25, -0.2) is 4.39 Å². The molecule has 0 spiro atoms. The molecular weight excluding hydrogens is 179 g/mol. The van der Waals surface area contributed by atoms with Gasteiger partial charge >= 0.3 is 0 Å². The fourth-order valence-corrected chi connectivity index (χ4v) is 1.97. The summed E-state index contributed by atoms with van der Waals surface area (Å²) < 4.78 is 13.4. The van der Waals surface area contributed by atoms with Gasteiger partial charge in [-0.2, -0.15) is 0 Å². The molecule has 0 amide bonds. The predicted octanol–water partition coefficient (Wildman–Crippen LogP) is 1.76. The van der Waals surface area contributed by atoms with Crippen LogP contribution in [0.3, 0.4) is 0 Å². The molecule has 0 saturated carbocycles. The van der Waals surface area contributed by atoms with E-state index >= 15 is 0 Å². The first-order valence-electron chi connectivity index (χ1n) is 5.54. The van der Waals surface area contributed by atoms with E-state index in [0.717, 1.165) is 26.2 Å². The third-order valence-electron chi connectivity index (χ3n) is 2.74. The number of alkyl halides is 1. The largest absolute Gasteiger partial charge is 0.298 e. The summed E-state index contributed by atoms with van der Waals surface area (Å²) in [5.74, 6) is 0. The van der Waals surface area contributed by atoms with Gasteiger partial charge in [-0.3, -0.25) is 9.80 Å². The molecule has 0 aromatic heterocycles. The quantitative estimate of drug-likeness (QED) is 0.688. The lowest BCUT2D eigenvalue weighted by Gasteiger charge is -2.38. The van der Waals surface area contributed by atoms with Gasteiger partial charge in [-0.05, 0) is 27.7 Å². The lowest BCUT2D eigenvalue weighted by Crippen LogP contribution is -2.51. The number of piperazine rings is 1. The van der Waals surface area contributed by atoms with Crippen LogP contribution in [0.4, 0.5) is 4.39 Å². The van der Waals surface area contributed by atoms with Crippen LogP contribution in [0.25, 0.3) is 0 Å². The Hall–Kier alpha value is -0.150. The number of hydrogen-bond donors (Lipinski definition) is 0. The predicted molar refractivity (Wildman–Crippen MR) is 58.3 cm³/mol. The van der Waals surface area contributed by atoms with Crippen LogP contribution in [0.5, 0.6) is 0 Å². The molecule has 0 aromatic carbocycles. The highest BCUT2D eigenvalue weighted by Crippen LogP contribution is 2.13. The van der Waals surface area contributed by atoms with Crippen molar-refractivity contribution in [1.29, 1.82) is 0 Å². The van der Waals surface area contributed by atoms with E-state index in [9.17, 15) is 4.39 Å². The molecule has 0 aromatic rings. The van der Waals surface area contributed by atoms with E-state index in [2.05, 4.69) is 23.6 Å². The van der Waals surface area contributed by atoms with Crippen LogP contribution in [0, 0.1) is 0 Å². The minimum atomic E-state index is -1.06. The van der Waals surface area contributed by atoms with Crippen molar-refractivity contribution in [2.45, 2.75) is 39.4 Å². The van der Waals surface area contributed by atoms with Crippen LogP contribution in [-0.4, -0.2) is 54.2 Å². The molecule has 0 bridgehead atoms. The van der Waals surface area contributed by atoms with Crippen LogP contribution in [0.2, 0.25) is 0 Å². The van der Waals surface area contributed by atoms with Crippen LogP contribution < -0.4 is 0 Å². The zero-order valence-electron chi connectivity index (χ0n) is 9.89. The van der Waals surface area contributed by atoms with E-state index in [1.165, 1.54) is 0 Å². The molecule has 84 valence electrons. The van der Waals surface area contributed by atoms with Crippen molar-refractivity contribution in [3.63, 3.8) is 0 Å². The van der Waals surface area contributed by atoms with Gasteiger partial charge in [0.05, 0.1) is 0 Å². The normalized spacial score (nSPS) is 21.9. The van der Waals surface area contributed by atoms with E-state index in [0.29, 0.717) is 12.6 Å². The van der Waals surface area contributed by atoms with Gasteiger partial charge < -0.3 is 0 Å². The summed E-state index contributed by atoms with van der Waals surface area (Å²) in [5, 5.41) is 0. The molecule has 3 heteroatoms. The fourth-order valence-electron chi connectivity index (χ4n) is 1.97. The van der Waals surface area contributed by atoms with Gasteiger partial charge in [0.15, 0.2) is 0 Å². The first-order valence-corrected chi connectivity index (χ1v) is 5.54. The SMILES string of the molecule is CC(C)N1CCN(CC(C)(C)F)CC1. The van der Waals surface area contributed by atoms with Crippen molar-refractivity contribution in [2.24, 2.45) is 0 Å². The van der Waals surface area contributed by atoms with Crippen molar-refractivity contribution in [2.75, 3.05) is 32.7 Å². The summed E-state index contributed by atoms with van der Waals surface area (Å²) >= 11 is 0. The van der Waals surface area contributed by atoms with Gasteiger partial charge in [-0.1, -0.05) is 0 Å². The molecule has 1 heterocycles. The summed E-state index contributed by atoms with van der Waals surface area (Å²) in [5.41, 5.74) is -1.06. The average Bonchev–Trinajstić information content (AvgIpc) is 2.02. The smallest absolute Gasteiger partial charge is 0.118 e. The van der Waals surface area contributed by atoms with E-state index in [1.807, 2.05) is 0 Å². The van der Waals surface area contributed by atoms with Gasteiger partial charge in [0.25, 0.3) is 0 Å². The van der Waals surface area contributed by atoms with E-state index in [4.69, 9.17) is 0 Å². The molecule has 1 saturated heterocycles. The highest BCUT2D eigenvalue weighted by Gasteiger charge is 2.24. The lowest BCUT2D eigenvalue weighted by molar-refractivity contribution is 0.0643. The van der Waals surface area contributed by atoms with Crippen LogP contribution in [-0.2, 0) is 0 Å². The first-order chi connectivity index (χ1) is 6.38. The van der Waals surface area contributed by atoms with E-state index in [-0.39, 0.29) is 0 Å². The maximum absolute atomic E-state index is 13.4. The Labute approximate surface area is 87.1 Å². The van der Waals surface area contributed by atoms with Gasteiger partial charge in [-0.15, -0.1) is 0 Å². The highest BCUT2D eigenvalue weighted by atomic mass is 19.1. The summed E-state index contributed by atoms with van der Waals surface area (Å²) in [6, 6.07) is 0.621. The molecule has 2 nitrogen and oxygen atoms in total. The van der Waals surface area contributed by atoms with Crippen molar-refractivity contribution < 1.29 is 4.39 Å². The molecule has 0 radical (unpaired) electrons. The Morgan fingerprint density at radius 3 is 2.00 bits per heavy atom. The second-order valence-corrected chi connectivity index (χ2v) is 5.12. The Bertz CT molecular complexity index is 167. The summed E-state index contributed by atoms with van der Waals surface area (Å²) in [4.78, 5) is 4.67. The zero-order valence-corrected chi connectivity index (χ0v) is 9.89. The molecule has 0 N–H and O–H groups in total. The Balaban J connectivity index is 2.29. The van der Waals surface area contributed by atoms with Crippen molar-refractivity contribution in [3.8, 4) is 0 Å². The average molecular weight is 202 g/mol. The molecule has 0 unspecified atom stereocenters. The monoisotopic (exact) mass is 202 g/mol. The highest BCUT2D eigenvalue weighted by molar-refractivity contribution is 4.79. The second-order valence-electron chi connectivity index (χ2n) is 5.12. The first kappa shape index (κ1) is 11.9. The van der Waals surface area contributed by atoms with Crippen molar-refractivity contribution in [1.82, 2.24) is 9.80 Å².